The fourth-order valence-electron chi connectivity index (χ4n) is 3.60. The molecule has 7 heteroatoms. The summed E-state index contributed by atoms with van der Waals surface area (Å²) in [5, 5.41) is 4.82. The summed E-state index contributed by atoms with van der Waals surface area (Å²) in [5.41, 5.74) is 5.89. The summed E-state index contributed by atoms with van der Waals surface area (Å²) in [4.78, 5) is 28.3. The Labute approximate surface area is 176 Å². The molecule has 0 amide bonds. The number of ether oxygens (including phenoxy) is 2. The molecule has 7 nitrogen and oxygen atoms in total. The first-order valence-corrected chi connectivity index (χ1v) is 10.1. The van der Waals surface area contributed by atoms with Crippen LogP contribution in [0.1, 0.15) is 54.5 Å². The van der Waals surface area contributed by atoms with Gasteiger partial charge in [-0.05, 0) is 50.5 Å². The van der Waals surface area contributed by atoms with E-state index in [0.29, 0.717) is 25.2 Å². The number of carbonyl (C=O) groups is 2. The van der Waals surface area contributed by atoms with Crippen LogP contribution < -0.4 is 0 Å². The Morgan fingerprint density at radius 3 is 2.63 bits per heavy atom. The van der Waals surface area contributed by atoms with Crippen LogP contribution in [0.5, 0.6) is 0 Å². The maximum absolute atomic E-state index is 12.1. The zero-order chi connectivity index (χ0) is 21.7. The van der Waals surface area contributed by atoms with Gasteiger partial charge in [-0.3, -0.25) is 14.6 Å². The lowest BCUT2D eigenvalue weighted by atomic mass is 9.95. The molecule has 0 atom stereocenters. The normalized spacial score (nSPS) is 11.1. The summed E-state index contributed by atoms with van der Waals surface area (Å²) in [7, 11) is 1.62. The Morgan fingerprint density at radius 1 is 1.17 bits per heavy atom. The van der Waals surface area contributed by atoms with E-state index in [2.05, 4.69) is 11.9 Å². The van der Waals surface area contributed by atoms with Crippen molar-refractivity contribution in [3.63, 3.8) is 0 Å². The first-order chi connectivity index (χ1) is 14.5. The molecule has 0 spiro atoms. The molecule has 0 aliphatic heterocycles. The number of fused-ring (bicyclic) bond motifs is 1. The molecular formula is C23H27N3O4. The fraction of sp³-hybridized carbons (Fsp3) is 0.391. The van der Waals surface area contributed by atoms with E-state index >= 15 is 0 Å². The summed E-state index contributed by atoms with van der Waals surface area (Å²) in [6.07, 6.45) is 4.81. The zero-order valence-electron chi connectivity index (χ0n) is 17.9. The van der Waals surface area contributed by atoms with Crippen LogP contribution in [0.3, 0.4) is 0 Å². The molecule has 0 aromatic carbocycles. The average molecular weight is 409 g/mol. The van der Waals surface area contributed by atoms with E-state index in [1.54, 1.807) is 26.4 Å². The molecule has 0 bridgehead atoms. The first-order valence-electron chi connectivity index (χ1n) is 10.1. The number of hydrogen-bond acceptors (Lipinski definition) is 6. The molecule has 0 radical (unpaired) electrons. The van der Waals surface area contributed by atoms with Gasteiger partial charge in [-0.25, -0.2) is 4.52 Å². The van der Waals surface area contributed by atoms with Crippen LogP contribution in [0.4, 0.5) is 0 Å². The van der Waals surface area contributed by atoms with Gasteiger partial charge in [0.1, 0.15) is 0 Å². The zero-order valence-corrected chi connectivity index (χ0v) is 17.9. The highest BCUT2D eigenvalue weighted by Gasteiger charge is 2.20. The molecule has 3 heterocycles. The van der Waals surface area contributed by atoms with Gasteiger partial charge in [0.2, 0.25) is 0 Å². The lowest BCUT2D eigenvalue weighted by molar-refractivity contribution is -0.143. The number of rotatable bonds is 9. The third-order valence-corrected chi connectivity index (χ3v) is 5.02. The molecule has 0 fully saturated rings. The van der Waals surface area contributed by atoms with Gasteiger partial charge in [0, 0.05) is 48.3 Å². The number of aryl methyl sites for hydroxylation is 1. The summed E-state index contributed by atoms with van der Waals surface area (Å²) in [6, 6.07) is 5.90. The third-order valence-electron chi connectivity index (χ3n) is 5.02. The van der Waals surface area contributed by atoms with Gasteiger partial charge in [0.05, 0.1) is 24.4 Å². The maximum Gasteiger partial charge on any atom is 0.306 e. The van der Waals surface area contributed by atoms with Crippen molar-refractivity contribution in [2.45, 2.75) is 46.6 Å². The van der Waals surface area contributed by atoms with Crippen molar-refractivity contribution < 1.29 is 19.1 Å². The van der Waals surface area contributed by atoms with Crippen LogP contribution in [0.25, 0.3) is 16.6 Å². The highest BCUT2D eigenvalue weighted by molar-refractivity contribution is 5.96. The van der Waals surface area contributed by atoms with Crippen LogP contribution >= 0.6 is 0 Å². The lowest BCUT2D eigenvalue weighted by Gasteiger charge is -2.17. The minimum absolute atomic E-state index is 0.0516. The van der Waals surface area contributed by atoms with E-state index in [-0.39, 0.29) is 18.2 Å². The van der Waals surface area contributed by atoms with Crippen molar-refractivity contribution in [3.8, 4) is 11.1 Å². The van der Waals surface area contributed by atoms with E-state index < -0.39 is 0 Å². The molecule has 3 aromatic heterocycles. The molecule has 158 valence electrons. The Balaban J connectivity index is 2.25. The van der Waals surface area contributed by atoms with E-state index in [9.17, 15) is 9.59 Å². The van der Waals surface area contributed by atoms with Crippen LogP contribution in [-0.4, -0.2) is 40.1 Å². The number of aromatic nitrogens is 3. The Kier molecular flexibility index (Phi) is 6.95. The maximum atomic E-state index is 12.1. The fourth-order valence-corrected chi connectivity index (χ4v) is 3.60. The number of esters is 1. The van der Waals surface area contributed by atoms with Crippen LogP contribution in [0.2, 0.25) is 0 Å². The molecule has 3 aromatic rings. The molecule has 0 aliphatic carbocycles. The molecule has 30 heavy (non-hydrogen) atoms. The third kappa shape index (κ3) is 4.41. The largest absolute Gasteiger partial charge is 0.466 e. The van der Waals surface area contributed by atoms with Crippen molar-refractivity contribution >= 4 is 17.3 Å². The van der Waals surface area contributed by atoms with Gasteiger partial charge in [0.15, 0.2) is 5.78 Å². The molecular weight excluding hydrogens is 382 g/mol. The second-order valence-corrected chi connectivity index (χ2v) is 7.03. The average Bonchev–Trinajstić information content (AvgIpc) is 3.14. The predicted octanol–water partition coefficient (Wildman–Crippen LogP) is 3.80. The quantitative estimate of drug-likeness (QED) is 0.395. The second kappa shape index (κ2) is 9.63. The minimum Gasteiger partial charge on any atom is -0.466 e. The topological polar surface area (TPSA) is 82.8 Å². The highest BCUT2D eigenvalue weighted by atomic mass is 16.5. The Morgan fingerprint density at radius 2 is 1.97 bits per heavy atom. The summed E-state index contributed by atoms with van der Waals surface area (Å²) >= 11 is 0. The van der Waals surface area contributed by atoms with E-state index in [1.807, 2.05) is 22.7 Å². The van der Waals surface area contributed by atoms with Crippen molar-refractivity contribution in [2.75, 3.05) is 13.7 Å². The smallest absolute Gasteiger partial charge is 0.306 e. The van der Waals surface area contributed by atoms with Crippen LogP contribution in [0.15, 0.2) is 30.6 Å². The van der Waals surface area contributed by atoms with Gasteiger partial charge < -0.3 is 9.47 Å². The van der Waals surface area contributed by atoms with E-state index in [4.69, 9.17) is 14.6 Å². The number of hydrogen-bond donors (Lipinski definition) is 0. The van der Waals surface area contributed by atoms with Crippen LogP contribution in [-0.2, 0) is 33.7 Å². The number of ketones is 1. The Bertz CT molecular complexity index is 1070. The number of Topliss-reactive ketones (excluding diaryl/α,β-unsaturated/α-hetero) is 1. The van der Waals surface area contributed by atoms with Gasteiger partial charge in [0.25, 0.3) is 0 Å². The summed E-state index contributed by atoms with van der Waals surface area (Å²) < 4.78 is 12.4. The number of pyridine rings is 1. The molecule has 0 saturated heterocycles. The molecule has 3 rings (SSSR count). The minimum atomic E-state index is -0.257. The monoisotopic (exact) mass is 409 g/mol. The Hall–Kier alpha value is -3.06. The van der Waals surface area contributed by atoms with E-state index in [0.717, 1.165) is 40.0 Å². The van der Waals surface area contributed by atoms with Crippen molar-refractivity contribution in [1.82, 2.24) is 14.6 Å². The van der Waals surface area contributed by atoms with Crippen LogP contribution in [0, 0.1) is 0 Å². The van der Waals surface area contributed by atoms with Crippen molar-refractivity contribution in [2.24, 2.45) is 0 Å². The number of nitrogens with zero attached hydrogens (tertiary/aromatic N) is 3. The molecule has 0 saturated carbocycles. The molecule has 0 unspecified atom stereocenters. The highest BCUT2D eigenvalue weighted by Crippen LogP contribution is 2.33. The van der Waals surface area contributed by atoms with Crippen molar-refractivity contribution in [3.05, 3.63) is 53.1 Å². The standard InChI is InChI=1S/C23H27N3O4/c1-5-18-7-9-21-23(17-11-16(15(3)27)12-24-13-17)19(8-10-22(28)30-6-2)20(14-29-4)25-26(18)21/h7,9,11-13H,5-6,8,10,14H2,1-4H3. The molecule has 0 aliphatic rings. The summed E-state index contributed by atoms with van der Waals surface area (Å²) in [5.74, 6) is -0.309. The summed E-state index contributed by atoms with van der Waals surface area (Å²) in [6.45, 7) is 6.04. The molecule has 0 N–H and O–H groups in total. The van der Waals surface area contributed by atoms with Crippen molar-refractivity contribution in [1.29, 1.82) is 0 Å². The first kappa shape index (κ1) is 21.6. The second-order valence-electron chi connectivity index (χ2n) is 7.03. The van der Waals surface area contributed by atoms with Gasteiger partial charge in [-0.2, -0.15) is 5.10 Å². The lowest BCUT2D eigenvalue weighted by Crippen LogP contribution is -2.12. The van der Waals surface area contributed by atoms with E-state index in [1.165, 1.54) is 6.92 Å². The van der Waals surface area contributed by atoms with Gasteiger partial charge >= 0.3 is 5.97 Å². The SMILES string of the molecule is CCOC(=O)CCc1c(COC)nn2c(CC)ccc2c1-c1cncc(C(C)=O)c1. The van der Waals surface area contributed by atoms with Gasteiger partial charge in [-0.1, -0.05) is 6.92 Å². The van der Waals surface area contributed by atoms with Gasteiger partial charge in [-0.15, -0.1) is 0 Å². The number of methoxy groups -OCH3 is 1. The predicted molar refractivity (Wildman–Crippen MR) is 113 cm³/mol. The number of carbonyl (C=O) groups excluding carboxylic acids is 2.